The van der Waals surface area contributed by atoms with Crippen LogP contribution >= 0.6 is 0 Å². The lowest BCUT2D eigenvalue weighted by Gasteiger charge is -2.23. The van der Waals surface area contributed by atoms with Crippen molar-refractivity contribution in [1.82, 2.24) is 15.1 Å². The Kier molecular flexibility index (Phi) is 12.3. The normalized spacial score (nSPS) is 10.3. The van der Waals surface area contributed by atoms with Crippen molar-refractivity contribution >= 4 is 11.9 Å². The Morgan fingerprint density at radius 1 is 1.05 bits per heavy atom. The van der Waals surface area contributed by atoms with Gasteiger partial charge in [0.2, 0.25) is 0 Å². The molecule has 0 aliphatic rings. The summed E-state index contributed by atoms with van der Waals surface area (Å²) in [6, 6.07) is 15.2. The van der Waals surface area contributed by atoms with Gasteiger partial charge in [-0.25, -0.2) is 4.79 Å². The molecule has 0 spiro atoms. The predicted octanol–water partition coefficient (Wildman–Crippen LogP) is 6.58. The van der Waals surface area contributed by atoms with E-state index in [1.54, 1.807) is 29.0 Å². The SMILES string of the molecule is C=CCn1nc(-c2ccc(C)cc2)cc1C(=O)NCc1ccc(OC(C)(C)C(=O)O)c(C)c1.CC.CC. The Bertz CT molecular complexity index is 1180. The van der Waals surface area contributed by atoms with Crippen LogP contribution in [0.25, 0.3) is 11.3 Å². The smallest absolute Gasteiger partial charge is 0.347 e. The lowest BCUT2D eigenvalue weighted by molar-refractivity contribution is -0.152. The van der Waals surface area contributed by atoms with Crippen LogP contribution in [0.3, 0.4) is 0 Å². The number of carbonyl (C=O) groups excluding carboxylic acids is 1. The van der Waals surface area contributed by atoms with Gasteiger partial charge in [0, 0.05) is 12.1 Å². The van der Waals surface area contributed by atoms with Crippen LogP contribution in [0.15, 0.2) is 61.2 Å². The van der Waals surface area contributed by atoms with Gasteiger partial charge in [0.25, 0.3) is 5.91 Å². The molecule has 0 fully saturated rings. The van der Waals surface area contributed by atoms with Crippen LogP contribution in [0.4, 0.5) is 0 Å². The molecule has 7 heteroatoms. The van der Waals surface area contributed by atoms with Crippen LogP contribution in [0, 0.1) is 13.8 Å². The number of aliphatic carboxylic acids is 1. The molecule has 0 bridgehead atoms. The topological polar surface area (TPSA) is 93.5 Å². The number of hydrogen-bond donors (Lipinski definition) is 2. The predicted molar refractivity (Wildman–Crippen MR) is 150 cm³/mol. The third-order valence-corrected chi connectivity index (χ3v) is 5.23. The number of ether oxygens (including phenoxy) is 1. The minimum atomic E-state index is -1.33. The maximum atomic E-state index is 12.9. The standard InChI is InChI=1S/C26H29N3O4.2C2H6/c1-6-13-29-22(15-21(28-29)20-10-7-17(2)8-11-20)24(30)27-16-19-9-12-23(18(3)14-19)33-26(4,5)25(31)32;2*1-2/h6-12,14-15H,1,13,16H2,2-5H3,(H,27,30)(H,31,32);2*1-2H3. The molecule has 1 aromatic heterocycles. The van der Waals surface area contributed by atoms with E-state index in [1.165, 1.54) is 13.8 Å². The summed E-state index contributed by atoms with van der Waals surface area (Å²) >= 11 is 0. The van der Waals surface area contributed by atoms with E-state index in [-0.39, 0.29) is 5.91 Å². The van der Waals surface area contributed by atoms with Crippen LogP contribution in [-0.4, -0.2) is 32.4 Å². The number of nitrogens with one attached hydrogen (secondary N) is 1. The molecule has 0 aliphatic heterocycles. The van der Waals surface area contributed by atoms with Gasteiger partial charge < -0.3 is 15.2 Å². The molecule has 200 valence electrons. The molecule has 1 heterocycles. The average molecular weight is 508 g/mol. The Morgan fingerprint density at radius 3 is 2.22 bits per heavy atom. The second-order valence-corrected chi connectivity index (χ2v) is 8.45. The van der Waals surface area contributed by atoms with Gasteiger partial charge >= 0.3 is 5.97 Å². The average Bonchev–Trinajstić information content (AvgIpc) is 3.31. The summed E-state index contributed by atoms with van der Waals surface area (Å²) in [7, 11) is 0. The number of carboxylic acids is 1. The summed E-state index contributed by atoms with van der Waals surface area (Å²) in [4.78, 5) is 24.2. The van der Waals surface area contributed by atoms with Crippen LogP contribution in [0.5, 0.6) is 5.75 Å². The van der Waals surface area contributed by atoms with E-state index in [1.807, 2.05) is 71.9 Å². The highest BCUT2D eigenvalue weighted by molar-refractivity contribution is 5.93. The monoisotopic (exact) mass is 507 g/mol. The van der Waals surface area contributed by atoms with E-state index in [4.69, 9.17) is 4.74 Å². The first-order chi connectivity index (χ1) is 17.6. The fourth-order valence-corrected chi connectivity index (χ4v) is 3.25. The number of aromatic nitrogens is 2. The number of rotatable bonds is 9. The number of amides is 1. The van der Waals surface area contributed by atoms with Crippen molar-refractivity contribution in [3.05, 3.63) is 83.6 Å². The lowest BCUT2D eigenvalue weighted by Crippen LogP contribution is -2.38. The molecule has 0 radical (unpaired) electrons. The molecule has 3 aromatic rings. The summed E-state index contributed by atoms with van der Waals surface area (Å²) in [5.74, 6) is -0.795. The second-order valence-electron chi connectivity index (χ2n) is 8.45. The Balaban J connectivity index is 0.00000163. The van der Waals surface area contributed by atoms with E-state index in [9.17, 15) is 14.7 Å². The summed E-state index contributed by atoms with van der Waals surface area (Å²) in [5, 5.41) is 16.8. The zero-order valence-electron chi connectivity index (χ0n) is 23.4. The van der Waals surface area contributed by atoms with E-state index < -0.39 is 11.6 Å². The van der Waals surface area contributed by atoms with E-state index in [0.717, 1.165) is 27.9 Å². The van der Waals surface area contributed by atoms with Crippen molar-refractivity contribution in [1.29, 1.82) is 0 Å². The molecule has 0 aliphatic carbocycles. The van der Waals surface area contributed by atoms with Gasteiger partial charge in [-0.3, -0.25) is 9.48 Å². The zero-order valence-corrected chi connectivity index (χ0v) is 23.4. The largest absolute Gasteiger partial charge is 0.478 e. The first kappa shape index (κ1) is 31.2. The maximum Gasteiger partial charge on any atom is 0.347 e. The molecule has 7 nitrogen and oxygen atoms in total. The molecule has 3 rings (SSSR count). The Labute approximate surface area is 221 Å². The molecule has 1 amide bonds. The van der Waals surface area contributed by atoms with Gasteiger partial charge in [0.15, 0.2) is 5.60 Å². The molecule has 0 saturated heterocycles. The van der Waals surface area contributed by atoms with Gasteiger partial charge in [-0.15, -0.1) is 6.58 Å². The lowest BCUT2D eigenvalue weighted by atomic mass is 10.1. The fraction of sp³-hybridized carbons (Fsp3) is 0.367. The van der Waals surface area contributed by atoms with Gasteiger partial charge in [-0.1, -0.05) is 75.7 Å². The van der Waals surface area contributed by atoms with Gasteiger partial charge in [-0.05, 0) is 51.0 Å². The van der Waals surface area contributed by atoms with Crippen LogP contribution in [-0.2, 0) is 17.9 Å². The number of aryl methyl sites for hydroxylation is 2. The molecule has 2 aromatic carbocycles. The first-order valence-electron chi connectivity index (χ1n) is 12.7. The zero-order chi connectivity index (χ0) is 28.2. The summed E-state index contributed by atoms with van der Waals surface area (Å²) in [5.41, 5.74) is 3.59. The molecule has 2 N–H and O–H groups in total. The fourth-order valence-electron chi connectivity index (χ4n) is 3.25. The van der Waals surface area contributed by atoms with E-state index in [2.05, 4.69) is 17.0 Å². The van der Waals surface area contributed by atoms with Gasteiger partial charge in [0.05, 0.1) is 12.2 Å². The van der Waals surface area contributed by atoms with Gasteiger partial charge in [-0.2, -0.15) is 5.10 Å². The molecular weight excluding hydrogens is 466 g/mol. The number of carboxylic acid groups (broad SMARTS) is 1. The Morgan fingerprint density at radius 2 is 1.68 bits per heavy atom. The van der Waals surface area contributed by atoms with Crippen molar-refractivity contribution in [2.45, 2.75) is 74.1 Å². The van der Waals surface area contributed by atoms with Crippen LogP contribution in [0.1, 0.15) is 68.7 Å². The van der Waals surface area contributed by atoms with Crippen molar-refractivity contribution in [3.63, 3.8) is 0 Å². The molecular formula is C30H41N3O4. The number of nitrogens with zero attached hydrogens (tertiary/aromatic N) is 2. The molecule has 0 atom stereocenters. The third-order valence-electron chi connectivity index (χ3n) is 5.23. The van der Waals surface area contributed by atoms with Crippen molar-refractivity contribution in [2.24, 2.45) is 0 Å². The van der Waals surface area contributed by atoms with E-state index >= 15 is 0 Å². The first-order valence-corrected chi connectivity index (χ1v) is 12.7. The third kappa shape index (κ3) is 8.63. The van der Waals surface area contributed by atoms with Crippen molar-refractivity contribution in [2.75, 3.05) is 0 Å². The Hall–Kier alpha value is -3.87. The van der Waals surface area contributed by atoms with Crippen LogP contribution < -0.4 is 10.1 Å². The molecule has 0 saturated carbocycles. The quantitative estimate of drug-likeness (QED) is 0.319. The van der Waals surface area contributed by atoms with Crippen LogP contribution in [0.2, 0.25) is 0 Å². The summed E-state index contributed by atoms with van der Waals surface area (Å²) in [6.07, 6.45) is 1.70. The minimum Gasteiger partial charge on any atom is -0.478 e. The number of hydrogen-bond acceptors (Lipinski definition) is 4. The van der Waals surface area contributed by atoms with Gasteiger partial charge in [0.1, 0.15) is 11.4 Å². The highest BCUT2D eigenvalue weighted by Crippen LogP contribution is 2.24. The number of allylic oxidation sites excluding steroid dienone is 1. The summed E-state index contributed by atoms with van der Waals surface area (Å²) in [6.45, 7) is 19.3. The second kappa shape index (κ2) is 14.6. The van der Waals surface area contributed by atoms with Crippen molar-refractivity contribution in [3.8, 4) is 17.0 Å². The number of carbonyl (C=O) groups is 2. The summed E-state index contributed by atoms with van der Waals surface area (Å²) < 4.78 is 7.26. The minimum absolute atomic E-state index is 0.243. The number of benzene rings is 2. The maximum absolute atomic E-state index is 12.9. The van der Waals surface area contributed by atoms with Crippen molar-refractivity contribution < 1.29 is 19.4 Å². The highest BCUT2D eigenvalue weighted by atomic mass is 16.5. The molecule has 0 unspecified atom stereocenters. The highest BCUT2D eigenvalue weighted by Gasteiger charge is 2.29. The molecule has 37 heavy (non-hydrogen) atoms. The van der Waals surface area contributed by atoms with E-state index in [0.29, 0.717) is 24.5 Å².